The molecule has 0 N–H and O–H groups in total. The molecule has 1 unspecified atom stereocenters. The Balaban J connectivity index is 3.38. The summed E-state index contributed by atoms with van der Waals surface area (Å²) >= 11 is 0. The second-order valence-electron chi connectivity index (χ2n) is 3.84. The quantitative estimate of drug-likeness (QED) is 0.441. The Hall–Kier alpha value is -0.530. The number of unbranched alkanes of at least 4 members (excludes halogenated alkanes) is 4. The molecule has 0 aliphatic heterocycles. The van der Waals surface area contributed by atoms with Crippen LogP contribution in [0.1, 0.15) is 65.7 Å². The van der Waals surface area contributed by atoms with Crippen molar-refractivity contribution < 1.29 is 9.53 Å². The zero-order valence-corrected chi connectivity index (χ0v) is 9.84. The molecule has 0 amide bonds. The number of hydrogen-bond acceptors (Lipinski definition) is 2. The fraction of sp³-hybridized carbons (Fsp3) is 0.917. The minimum atomic E-state index is -0.148. The number of carbonyl (C=O) groups is 1. The number of esters is 1. The first-order valence-electron chi connectivity index (χ1n) is 5.87. The van der Waals surface area contributed by atoms with Gasteiger partial charge < -0.3 is 4.74 Å². The second-order valence-corrected chi connectivity index (χ2v) is 3.84. The summed E-state index contributed by atoms with van der Waals surface area (Å²) in [5, 5.41) is 0. The van der Waals surface area contributed by atoms with E-state index in [0.29, 0.717) is 0 Å². The van der Waals surface area contributed by atoms with Crippen LogP contribution in [-0.2, 0) is 9.53 Å². The average Bonchev–Trinajstić information content (AvgIpc) is 2.15. The van der Waals surface area contributed by atoms with Gasteiger partial charge in [0.2, 0.25) is 0 Å². The third kappa shape index (κ3) is 8.09. The Bertz CT molecular complexity index is 143. The van der Waals surface area contributed by atoms with Gasteiger partial charge in [0, 0.05) is 6.92 Å². The highest BCUT2D eigenvalue weighted by molar-refractivity contribution is 5.66. The summed E-state index contributed by atoms with van der Waals surface area (Å²) in [5.41, 5.74) is 0. The van der Waals surface area contributed by atoms with E-state index in [2.05, 4.69) is 13.8 Å². The minimum absolute atomic E-state index is 0.147. The number of rotatable bonds is 8. The molecule has 0 spiro atoms. The van der Waals surface area contributed by atoms with Crippen molar-refractivity contribution >= 4 is 5.97 Å². The molecule has 0 fully saturated rings. The molecule has 0 saturated carbocycles. The van der Waals surface area contributed by atoms with E-state index in [1.807, 2.05) is 0 Å². The van der Waals surface area contributed by atoms with Gasteiger partial charge in [0.05, 0.1) is 0 Å². The van der Waals surface area contributed by atoms with Gasteiger partial charge in [-0.05, 0) is 19.3 Å². The van der Waals surface area contributed by atoms with Gasteiger partial charge in [0.15, 0.2) is 0 Å². The molecule has 2 heteroatoms. The van der Waals surface area contributed by atoms with Crippen molar-refractivity contribution in [1.29, 1.82) is 0 Å². The van der Waals surface area contributed by atoms with Crippen LogP contribution in [0, 0.1) is 0 Å². The molecule has 0 saturated heterocycles. The van der Waals surface area contributed by atoms with E-state index in [4.69, 9.17) is 4.74 Å². The standard InChI is InChI=1S/C12H24O2/c1-4-6-7-8-9-10-12(5-2)14-11(3)13/h12H,4-10H2,1-3H3. The summed E-state index contributed by atoms with van der Waals surface area (Å²) in [4.78, 5) is 10.7. The van der Waals surface area contributed by atoms with Crippen molar-refractivity contribution in [2.24, 2.45) is 0 Å². The van der Waals surface area contributed by atoms with Crippen LogP contribution in [0.3, 0.4) is 0 Å². The first-order valence-corrected chi connectivity index (χ1v) is 5.87. The Kier molecular flexibility index (Phi) is 8.70. The van der Waals surface area contributed by atoms with Gasteiger partial charge in [0.25, 0.3) is 0 Å². The SMILES string of the molecule is CCCCCCCC(CC)OC(C)=O. The highest BCUT2D eigenvalue weighted by Gasteiger charge is 2.08. The fourth-order valence-electron chi connectivity index (χ4n) is 1.56. The fourth-order valence-corrected chi connectivity index (χ4v) is 1.56. The van der Waals surface area contributed by atoms with Gasteiger partial charge in [0.1, 0.15) is 6.10 Å². The lowest BCUT2D eigenvalue weighted by molar-refractivity contribution is -0.146. The van der Waals surface area contributed by atoms with Crippen LogP contribution in [0.25, 0.3) is 0 Å². The summed E-state index contributed by atoms with van der Waals surface area (Å²) in [7, 11) is 0. The van der Waals surface area contributed by atoms with Crippen molar-refractivity contribution in [3.8, 4) is 0 Å². The largest absolute Gasteiger partial charge is 0.463 e. The van der Waals surface area contributed by atoms with E-state index < -0.39 is 0 Å². The summed E-state index contributed by atoms with van der Waals surface area (Å²) < 4.78 is 5.17. The predicted molar refractivity (Wildman–Crippen MR) is 59.2 cm³/mol. The third-order valence-electron chi connectivity index (χ3n) is 2.42. The highest BCUT2D eigenvalue weighted by Crippen LogP contribution is 2.11. The van der Waals surface area contributed by atoms with Crippen molar-refractivity contribution in [3.05, 3.63) is 0 Å². The molecule has 0 aromatic rings. The molecule has 0 aliphatic rings. The average molecular weight is 200 g/mol. The number of ether oxygens (including phenoxy) is 1. The topological polar surface area (TPSA) is 26.3 Å². The predicted octanol–water partition coefficient (Wildman–Crippen LogP) is 3.69. The summed E-state index contributed by atoms with van der Waals surface area (Å²) in [5.74, 6) is -0.148. The highest BCUT2D eigenvalue weighted by atomic mass is 16.5. The Morgan fingerprint density at radius 3 is 2.29 bits per heavy atom. The second kappa shape index (κ2) is 9.04. The molecule has 0 aromatic heterocycles. The van der Waals surface area contributed by atoms with Crippen LogP contribution in [0.15, 0.2) is 0 Å². The lowest BCUT2D eigenvalue weighted by Crippen LogP contribution is -2.14. The van der Waals surface area contributed by atoms with E-state index in [0.717, 1.165) is 12.8 Å². The van der Waals surface area contributed by atoms with Crippen molar-refractivity contribution in [3.63, 3.8) is 0 Å². The maximum atomic E-state index is 10.7. The maximum absolute atomic E-state index is 10.7. The maximum Gasteiger partial charge on any atom is 0.302 e. The molecule has 84 valence electrons. The molecule has 0 aromatic carbocycles. The Labute approximate surface area is 88.0 Å². The minimum Gasteiger partial charge on any atom is -0.463 e. The monoisotopic (exact) mass is 200 g/mol. The van der Waals surface area contributed by atoms with Crippen molar-refractivity contribution in [1.82, 2.24) is 0 Å². The molecule has 0 radical (unpaired) electrons. The number of carbonyl (C=O) groups excluding carboxylic acids is 1. The lowest BCUT2D eigenvalue weighted by Gasteiger charge is -2.14. The first kappa shape index (κ1) is 13.5. The van der Waals surface area contributed by atoms with E-state index in [1.54, 1.807) is 0 Å². The van der Waals surface area contributed by atoms with Crippen LogP contribution in [0.4, 0.5) is 0 Å². The molecule has 0 heterocycles. The van der Waals surface area contributed by atoms with E-state index >= 15 is 0 Å². The molecule has 0 aliphatic carbocycles. The first-order chi connectivity index (χ1) is 6.70. The molecular weight excluding hydrogens is 176 g/mol. The normalized spacial score (nSPS) is 12.5. The third-order valence-corrected chi connectivity index (χ3v) is 2.42. The smallest absolute Gasteiger partial charge is 0.302 e. The van der Waals surface area contributed by atoms with Gasteiger partial charge >= 0.3 is 5.97 Å². The number of hydrogen-bond donors (Lipinski definition) is 0. The summed E-state index contributed by atoms with van der Waals surface area (Å²) in [6.07, 6.45) is 8.48. The molecular formula is C12H24O2. The van der Waals surface area contributed by atoms with Gasteiger partial charge in [-0.1, -0.05) is 39.5 Å². The Morgan fingerprint density at radius 1 is 1.14 bits per heavy atom. The molecule has 0 rings (SSSR count). The lowest BCUT2D eigenvalue weighted by atomic mass is 10.1. The Morgan fingerprint density at radius 2 is 1.79 bits per heavy atom. The summed E-state index contributed by atoms with van der Waals surface area (Å²) in [6.45, 7) is 5.77. The van der Waals surface area contributed by atoms with Crippen LogP contribution in [-0.4, -0.2) is 12.1 Å². The van der Waals surface area contributed by atoms with Crippen molar-refractivity contribution in [2.45, 2.75) is 71.8 Å². The van der Waals surface area contributed by atoms with Gasteiger partial charge in [-0.3, -0.25) is 4.79 Å². The molecule has 2 nitrogen and oxygen atoms in total. The van der Waals surface area contributed by atoms with Gasteiger partial charge in [-0.15, -0.1) is 0 Å². The van der Waals surface area contributed by atoms with E-state index in [-0.39, 0.29) is 12.1 Å². The van der Waals surface area contributed by atoms with Crippen molar-refractivity contribution in [2.75, 3.05) is 0 Å². The van der Waals surface area contributed by atoms with Crippen LogP contribution < -0.4 is 0 Å². The van der Waals surface area contributed by atoms with Crippen LogP contribution in [0.5, 0.6) is 0 Å². The summed E-state index contributed by atoms with van der Waals surface area (Å²) in [6, 6.07) is 0. The molecule has 14 heavy (non-hydrogen) atoms. The van der Waals surface area contributed by atoms with E-state index in [9.17, 15) is 4.79 Å². The zero-order valence-electron chi connectivity index (χ0n) is 9.84. The zero-order chi connectivity index (χ0) is 10.8. The van der Waals surface area contributed by atoms with Gasteiger partial charge in [-0.2, -0.15) is 0 Å². The van der Waals surface area contributed by atoms with E-state index in [1.165, 1.54) is 39.0 Å². The molecule has 0 bridgehead atoms. The van der Waals surface area contributed by atoms with Crippen LogP contribution >= 0.6 is 0 Å². The van der Waals surface area contributed by atoms with Crippen LogP contribution in [0.2, 0.25) is 0 Å². The molecule has 1 atom stereocenters. The van der Waals surface area contributed by atoms with Gasteiger partial charge in [-0.25, -0.2) is 0 Å².